The second-order valence-corrected chi connectivity index (χ2v) is 5.25. The minimum Gasteiger partial charge on any atom is -0.464 e. The van der Waals surface area contributed by atoms with Crippen molar-refractivity contribution >= 4 is 11.0 Å². The fourth-order valence-corrected chi connectivity index (χ4v) is 2.63. The molecule has 0 aliphatic carbocycles. The smallest absolute Gasteiger partial charge is 0.134 e. The number of nitrogens with one attached hydrogen (secondary N) is 1. The molecule has 0 amide bonds. The van der Waals surface area contributed by atoms with Crippen LogP contribution >= 0.6 is 0 Å². The average molecular weight is 280 g/mol. The SMILES string of the molecule is CCCNC(Cc1ccncc1)c1coc2ccccc12. The molecular formula is C18H20N2O. The highest BCUT2D eigenvalue weighted by Crippen LogP contribution is 2.28. The number of benzene rings is 1. The minimum atomic E-state index is 0.260. The van der Waals surface area contributed by atoms with Crippen LogP contribution in [0, 0.1) is 0 Å². The van der Waals surface area contributed by atoms with E-state index in [2.05, 4.69) is 41.5 Å². The highest BCUT2D eigenvalue weighted by molar-refractivity contribution is 5.81. The molecule has 0 aliphatic rings. The maximum Gasteiger partial charge on any atom is 0.134 e. The van der Waals surface area contributed by atoms with E-state index in [-0.39, 0.29) is 6.04 Å². The second kappa shape index (κ2) is 6.55. The van der Waals surface area contributed by atoms with Crippen molar-refractivity contribution in [3.63, 3.8) is 0 Å². The Morgan fingerprint density at radius 3 is 2.76 bits per heavy atom. The fraction of sp³-hybridized carbons (Fsp3) is 0.278. The summed E-state index contributed by atoms with van der Waals surface area (Å²) in [6.45, 7) is 3.18. The Morgan fingerprint density at radius 1 is 1.14 bits per heavy atom. The number of pyridine rings is 1. The van der Waals surface area contributed by atoms with Gasteiger partial charge in [0.1, 0.15) is 5.58 Å². The lowest BCUT2D eigenvalue weighted by molar-refractivity contribution is 0.519. The summed E-state index contributed by atoms with van der Waals surface area (Å²) in [5, 5.41) is 4.83. The predicted octanol–water partition coefficient (Wildman–Crippen LogP) is 4.11. The molecule has 108 valence electrons. The maximum atomic E-state index is 5.70. The van der Waals surface area contributed by atoms with E-state index in [1.807, 2.05) is 30.8 Å². The maximum absolute atomic E-state index is 5.70. The third kappa shape index (κ3) is 3.14. The molecule has 1 atom stereocenters. The van der Waals surface area contributed by atoms with E-state index in [0.717, 1.165) is 25.0 Å². The molecule has 3 heteroatoms. The molecule has 1 N–H and O–H groups in total. The van der Waals surface area contributed by atoms with E-state index in [9.17, 15) is 0 Å². The van der Waals surface area contributed by atoms with Crippen LogP contribution in [0.4, 0.5) is 0 Å². The topological polar surface area (TPSA) is 38.1 Å². The van der Waals surface area contributed by atoms with Gasteiger partial charge in [-0.3, -0.25) is 4.98 Å². The largest absolute Gasteiger partial charge is 0.464 e. The highest BCUT2D eigenvalue weighted by Gasteiger charge is 2.16. The van der Waals surface area contributed by atoms with E-state index < -0.39 is 0 Å². The molecule has 3 rings (SSSR count). The number of aromatic nitrogens is 1. The van der Waals surface area contributed by atoms with Crippen LogP contribution in [0.3, 0.4) is 0 Å². The lowest BCUT2D eigenvalue weighted by atomic mass is 9.99. The summed E-state index contributed by atoms with van der Waals surface area (Å²) in [6, 6.07) is 12.6. The zero-order valence-corrected chi connectivity index (χ0v) is 12.3. The quantitative estimate of drug-likeness (QED) is 0.738. The van der Waals surface area contributed by atoms with E-state index in [1.54, 1.807) is 0 Å². The van der Waals surface area contributed by atoms with Crippen molar-refractivity contribution in [2.75, 3.05) is 6.54 Å². The summed E-state index contributed by atoms with van der Waals surface area (Å²) in [6.07, 6.45) is 7.63. The van der Waals surface area contributed by atoms with Crippen LogP contribution in [0.1, 0.15) is 30.5 Å². The zero-order valence-electron chi connectivity index (χ0n) is 12.3. The van der Waals surface area contributed by atoms with Crippen LogP contribution in [-0.2, 0) is 6.42 Å². The Labute approximate surface area is 125 Å². The van der Waals surface area contributed by atoms with Crippen LogP contribution < -0.4 is 5.32 Å². The first-order valence-corrected chi connectivity index (χ1v) is 7.47. The highest BCUT2D eigenvalue weighted by atomic mass is 16.3. The standard InChI is InChI=1S/C18H20N2O/c1-2-9-20-17(12-14-7-10-19-11-8-14)16-13-21-18-6-4-3-5-15(16)18/h3-8,10-11,13,17,20H,2,9,12H2,1H3. The van der Waals surface area contributed by atoms with Crippen LogP contribution in [0.15, 0.2) is 59.5 Å². The lowest BCUT2D eigenvalue weighted by Crippen LogP contribution is -2.23. The van der Waals surface area contributed by atoms with Crippen LogP contribution in [0.25, 0.3) is 11.0 Å². The van der Waals surface area contributed by atoms with E-state index in [0.29, 0.717) is 0 Å². The van der Waals surface area contributed by atoms with E-state index in [1.165, 1.54) is 16.5 Å². The summed E-state index contributed by atoms with van der Waals surface area (Å²) in [5.41, 5.74) is 3.46. The number of fused-ring (bicyclic) bond motifs is 1. The van der Waals surface area contributed by atoms with Crippen molar-refractivity contribution in [2.45, 2.75) is 25.8 Å². The third-order valence-electron chi connectivity index (χ3n) is 3.72. The van der Waals surface area contributed by atoms with Crippen molar-refractivity contribution in [2.24, 2.45) is 0 Å². The third-order valence-corrected chi connectivity index (χ3v) is 3.72. The Bertz CT molecular complexity index is 691. The molecule has 2 heterocycles. The Hall–Kier alpha value is -2.13. The summed E-state index contributed by atoms with van der Waals surface area (Å²) in [7, 11) is 0. The van der Waals surface area contributed by atoms with Crippen molar-refractivity contribution in [3.8, 4) is 0 Å². The molecule has 3 aromatic rings. The van der Waals surface area contributed by atoms with Crippen LogP contribution in [0.2, 0.25) is 0 Å². The molecule has 0 fully saturated rings. The Morgan fingerprint density at radius 2 is 1.95 bits per heavy atom. The van der Waals surface area contributed by atoms with Crippen LogP contribution in [0.5, 0.6) is 0 Å². The number of furan rings is 1. The van der Waals surface area contributed by atoms with Gasteiger partial charge in [0.05, 0.1) is 6.26 Å². The molecule has 21 heavy (non-hydrogen) atoms. The molecule has 0 bridgehead atoms. The molecule has 0 aliphatic heterocycles. The zero-order chi connectivity index (χ0) is 14.5. The summed E-state index contributed by atoms with van der Waals surface area (Å²) < 4.78 is 5.70. The monoisotopic (exact) mass is 280 g/mol. The Kier molecular flexibility index (Phi) is 4.31. The van der Waals surface area contributed by atoms with Gasteiger partial charge in [0.15, 0.2) is 0 Å². The lowest BCUT2D eigenvalue weighted by Gasteiger charge is -2.17. The van der Waals surface area contributed by atoms with Gasteiger partial charge in [0.25, 0.3) is 0 Å². The first-order chi connectivity index (χ1) is 10.4. The number of hydrogen-bond acceptors (Lipinski definition) is 3. The average Bonchev–Trinajstić information content (AvgIpc) is 2.96. The molecule has 2 aromatic heterocycles. The summed E-state index contributed by atoms with van der Waals surface area (Å²) in [5.74, 6) is 0. The van der Waals surface area contributed by atoms with Gasteiger partial charge in [0, 0.05) is 29.4 Å². The first kappa shape index (κ1) is 13.8. The van der Waals surface area contributed by atoms with Crippen molar-refractivity contribution < 1.29 is 4.42 Å². The number of hydrogen-bond donors (Lipinski definition) is 1. The predicted molar refractivity (Wildman–Crippen MR) is 85.2 cm³/mol. The van der Waals surface area contributed by atoms with Crippen molar-refractivity contribution in [1.82, 2.24) is 10.3 Å². The molecule has 1 aromatic carbocycles. The van der Waals surface area contributed by atoms with Gasteiger partial charge in [-0.05, 0) is 43.1 Å². The van der Waals surface area contributed by atoms with Gasteiger partial charge in [-0.25, -0.2) is 0 Å². The number of rotatable bonds is 6. The molecule has 0 saturated heterocycles. The normalized spacial score (nSPS) is 12.6. The van der Waals surface area contributed by atoms with Gasteiger partial charge in [0.2, 0.25) is 0 Å². The van der Waals surface area contributed by atoms with E-state index in [4.69, 9.17) is 4.42 Å². The van der Waals surface area contributed by atoms with Crippen molar-refractivity contribution in [1.29, 1.82) is 0 Å². The molecule has 3 nitrogen and oxygen atoms in total. The molecular weight excluding hydrogens is 260 g/mol. The second-order valence-electron chi connectivity index (χ2n) is 5.25. The molecule has 0 spiro atoms. The van der Waals surface area contributed by atoms with Crippen molar-refractivity contribution in [3.05, 3.63) is 66.2 Å². The molecule has 0 radical (unpaired) electrons. The molecule has 1 unspecified atom stereocenters. The van der Waals surface area contributed by atoms with Crippen LogP contribution in [-0.4, -0.2) is 11.5 Å². The Balaban J connectivity index is 1.91. The number of nitrogens with zero attached hydrogens (tertiary/aromatic N) is 1. The van der Waals surface area contributed by atoms with Gasteiger partial charge < -0.3 is 9.73 Å². The van der Waals surface area contributed by atoms with Gasteiger partial charge >= 0.3 is 0 Å². The summed E-state index contributed by atoms with van der Waals surface area (Å²) in [4.78, 5) is 4.09. The summed E-state index contributed by atoms with van der Waals surface area (Å²) >= 11 is 0. The van der Waals surface area contributed by atoms with Gasteiger partial charge in [-0.2, -0.15) is 0 Å². The fourth-order valence-electron chi connectivity index (χ4n) is 2.63. The van der Waals surface area contributed by atoms with E-state index >= 15 is 0 Å². The minimum absolute atomic E-state index is 0.260. The van der Waals surface area contributed by atoms with Gasteiger partial charge in [-0.1, -0.05) is 25.1 Å². The van der Waals surface area contributed by atoms with Gasteiger partial charge in [-0.15, -0.1) is 0 Å². The first-order valence-electron chi connectivity index (χ1n) is 7.47. The number of para-hydroxylation sites is 1. The molecule has 0 saturated carbocycles.